The van der Waals surface area contributed by atoms with Crippen molar-refractivity contribution < 1.29 is 36.9 Å². The lowest BCUT2D eigenvalue weighted by atomic mass is 9.80. The average molecular weight is 438 g/mol. The first-order chi connectivity index (χ1) is 14.9. The number of ether oxygens (including phenoxy) is 5. The van der Waals surface area contributed by atoms with Crippen molar-refractivity contribution in [2.24, 2.45) is 11.8 Å². The van der Waals surface area contributed by atoms with Crippen molar-refractivity contribution in [2.75, 3.05) is 27.8 Å². The zero-order valence-corrected chi connectivity index (χ0v) is 17.4. The Balaban J connectivity index is 1.65. The van der Waals surface area contributed by atoms with Gasteiger partial charge in [-0.1, -0.05) is 12.1 Å². The van der Waals surface area contributed by atoms with Gasteiger partial charge in [0.15, 0.2) is 13.6 Å². The van der Waals surface area contributed by atoms with Gasteiger partial charge in [-0.2, -0.15) is 13.2 Å². The Morgan fingerprint density at radius 1 is 0.903 bits per heavy atom. The molecule has 0 saturated heterocycles. The number of halogens is 3. The second-order valence-electron chi connectivity index (χ2n) is 7.89. The molecule has 168 valence electrons. The molecular formula is C23H25F3O5. The number of fused-ring (bicyclic) bond motifs is 3. The minimum atomic E-state index is -4.23. The Morgan fingerprint density at radius 3 is 2.19 bits per heavy atom. The lowest BCUT2D eigenvalue weighted by Gasteiger charge is -2.36. The summed E-state index contributed by atoms with van der Waals surface area (Å²) >= 11 is 0. The van der Waals surface area contributed by atoms with E-state index in [9.17, 15) is 13.2 Å². The molecular weight excluding hydrogens is 413 g/mol. The molecule has 4 unspecified atom stereocenters. The summed E-state index contributed by atoms with van der Waals surface area (Å²) in [6, 6.07) is 12.5. The van der Waals surface area contributed by atoms with Gasteiger partial charge in [0.05, 0.1) is 5.92 Å². The predicted octanol–water partition coefficient (Wildman–Crippen LogP) is 5.46. The van der Waals surface area contributed by atoms with Gasteiger partial charge in [-0.3, -0.25) is 0 Å². The van der Waals surface area contributed by atoms with Crippen molar-refractivity contribution in [3.63, 3.8) is 0 Å². The van der Waals surface area contributed by atoms with Crippen molar-refractivity contribution in [1.82, 2.24) is 0 Å². The predicted molar refractivity (Wildman–Crippen MR) is 106 cm³/mol. The first-order valence-corrected chi connectivity index (χ1v) is 10.1. The molecule has 4 rings (SSSR count). The quantitative estimate of drug-likeness (QED) is 0.538. The molecule has 2 aromatic rings. The van der Waals surface area contributed by atoms with Gasteiger partial charge < -0.3 is 23.7 Å². The fourth-order valence-electron chi connectivity index (χ4n) is 4.59. The van der Waals surface area contributed by atoms with Crippen molar-refractivity contribution in [3.05, 3.63) is 53.6 Å². The third-order valence-electron chi connectivity index (χ3n) is 5.99. The van der Waals surface area contributed by atoms with E-state index in [-0.39, 0.29) is 38.3 Å². The molecule has 0 bridgehead atoms. The number of rotatable bonds is 7. The number of alkyl halides is 3. The number of hydrogen-bond acceptors (Lipinski definition) is 5. The average Bonchev–Trinajstić information content (AvgIpc) is 3.22. The van der Waals surface area contributed by atoms with Crippen molar-refractivity contribution in [3.8, 4) is 17.2 Å². The lowest BCUT2D eigenvalue weighted by Crippen LogP contribution is -2.27. The summed E-state index contributed by atoms with van der Waals surface area (Å²) in [6.45, 7) is 0.192. The minimum Gasteiger partial charge on any atom is -0.485 e. The molecule has 1 aliphatic carbocycles. The molecule has 1 heterocycles. The van der Waals surface area contributed by atoms with Crippen LogP contribution in [0.1, 0.15) is 36.0 Å². The van der Waals surface area contributed by atoms with Gasteiger partial charge in [-0.25, -0.2) is 0 Å². The first kappa shape index (κ1) is 21.8. The van der Waals surface area contributed by atoms with Crippen LogP contribution >= 0.6 is 0 Å². The maximum Gasteiger partial charge on any atom is 0.391 e. The number of benzene rings is 2. The highest BCUT2D eigenvalue weighted by molar-refractivity contribution is 5.46. The van der Waals surface area contributed by atoms with E-state index in [2.05, 4.69) is 0 Å². The van der Waals surface area contributed by atoms with Gasteiger partial charge in [0.1, 0.15) is 23.4 Å². The van der Waals surface area contributed by atoms with E-state index in [1.54, 1.807) is 30.3 Å². The Bertz CT molecular complexity index is 884. The van der Waals surface area contributed by atoms with E-state index < -0.39 is 18.2 Å². The maximum absolute atomic E-state index is 13.6. The van der Waals surface area contributed by atoms with Crippen LogP contribution in [0.4, 0.5) is 13.2 Å². The molecule has 4 atom stereocenters. The van der Waals surface area contributed by atoms with Crippen molar-refractivity contribution >= 4 is 0 Å². The third-order valence-corrected chi connectivity index (χ3v) is 5.99. The van der Waals surface area contributed by atoms with Crippen LogP contribution in [0.15, 0.2) is 42.5 Å². The highest BCUT2D eigenvalue weighted by Gasteiger charge is 2.53. The van der Waals surface area contributed by atoms with Gasteiger partial charge in [-0.05, 0) is 54.7 Å². The first-order valence-electron chi connectivity index (χ1n) is 10.1. The Morgan fingerprint density at radius 2 is 1.55 bits per heavy atom. The molecule has 2 aromatic carbocycles. The maximum atomic E-state index is 13.6. The van der Waals surface area contributed by atoms with E-state index >= 15 is 0 Å². The van der Waals surface area contributed by atoms with Crippen LogP contribution < -0.4 is 14.2 Å². The zero-order chi connectivity index (χ0) is 22.0. The largest absolute Gasteiger partial charge is 0.485 e. The summed E-state index contributed by atoms with van der Waals surface area (Å²) in [4.78, 5) is 0. The van der Waals surface area contributed by atoms with Gasteiger partial charge in [0.2, 0.25) is 0 Å². The highest BCUT2D eigenvalue weighted by Crippen LogP contribution is 2.58. The fourth-order valence-corrected chi connectivity index (χ4v) is 4.59. The molecule has 5 nitrogen and oxygen atoms in total. The summed E-state index contributed by atoms with van der Waals surface area (Å²) in [7, 11) is 3.04. The second kappa shape index (κ2) is 8.96. The topological polar surface area (TPSA) is 46.2 Å². The molecule has 0 spiro atoms. The van der Waals surface area contributed by atoms with Gasteiger partial charge >= 0.3 is 6.18 Å². The molecule has 31 heavy (non-hydrogen) atoms. The Kier molecular flexibility index (Phi) is 6.29. The summed E-state index contributed by atoms with van der Waals surface area (Å²) < 4.78 is 67.8. The van der Waals surface area contributed by atoms with Crippen molar-refractivity contribution in [1.29, 1.82) is 0 Å². The molecule has 2 aliphatic rings. The fraction of sp³-hybridized carbons (Fsp3) is 0.478. The highest BCUT2D eigenvalue weighted by atomic mass is 19.4. The van der Waals surface area contributed by atoms with Crippen LogP contribution in [0.2, 0.25) is 0 Å². The summed E-state index contributed by atoms with van der Waals surface area (Å²) in [5.41, 5.74) is 1.59. The third kappa shape index (κ3) is 4.60. The van der Waals surface area contributed by atoms with Gasteiger partial charge in [0, 0.05) is 25.7 Å². The molecule has 8 heteroatoms. The van der Waals surface area contributed by atoms with E-state index in [1.165, 1.54) is 14.2 Å². The number of methoxy groups -OCH3 is 2. The van der Waals surface area contributed by atoms with E-state index in [0.29, 0.717) is 17.2 Å². The SMILES string of the molecule is COCOc1ccc(C2Oc3ccc(OCOC)cc3C3CC(C(F)(F)F)CC32)cc1. The van der Waals surface area contributed by atoms with E-state index in [0.717, 1.165) is 11.1 Å². The van der Waals surface area contributed by atoms with Crippen LogP contribution in [-0.2, 0) is 9.47 Å². The van der Waals surface area contributed by atoms with E-state index in [1.807, 2.05) is 12.1 Å². The molecule has 1 fully saturated rings. The van der Waals surface area contributed by atoms with Crippen LogP contribution in [0.3, 0.4) is 0 Å². The standard InChI is InChI=1S/C23H25F3O5/c1-27-12-29-16-5-3-14(4-6-16)22-20-10-15(23(24,25)26)9-18(20)19-11-17(30-13-28-2)7-8-21(19)31-22/h3-8,11,15,18,20,22H,9-10,12-13H2,1-2H3. The molecule has 0 N–H and O–H groups in total. The van der Waals surface area contributed by atoms with Gasteiger partial charge in [-0.15, -0.1) is 0 Å². The van der Waals surface area contributed by atoms with Crippen LogP contribution in [0.25, 0.3) is 0 Å². The normalized spacial score (nSPS) is 24.8. The molecule has 1 saturated carbocycles. The second-order valence-corrected chi connectivity index (χ2v) is 7.89. The zero-order valence-electron chi connectivity index (χ0n) is 17.4. The molecule has 0 amide bonds. The summed E-state index contributed by atoms with van der Waals surface area (Å²) in [5, 5.41) is 0. The van der Waals surface area contributed by atoms with Crippen LogP contribution in [0, 0.1) is 11.8 Å². The van der Waals surface area contributed by atoms with Crippen LogP contribution in [-0.4, -0.2) is 34.0 Å². The lowest BCUT2D eigenvalue weighted by molar-refractivity contribution is -0.173. The number of hydrogen-bond donors (Lipinski definition) is 0. The molecule has 0 aromatic heterocycles. The minimum absolute atomic E-state index is 0.0311. The summed E-state index contributed by atoms with van der Waals surface area (Å²) in [5.74, 6) is -0.140. The van der Waals surface area contributed by atoms with Gasteiger partial charge in [0.25, 0.3) is 0 Å². The smallest absolute Gasteiger partial charge is 0.391 e. The Hall–Kier alpha value is -2.45. The molecule has 0 radical (unpaired) electrons. The van der Waals surface area contributed by atoms with Crippen LogP contribution in [0.5, 0.6) is 17.2 Å². The Labute approximate surface area is 179 Å². The molecule has 1 aliphatic heterocycles. The summed E-state index contributed by atoms with van der Waals surface area (Å²) in [6.07, 6.45) is -4.62. The van der Waals surface area contributed by atoms with Crippen molar-refractivity contribution in [2.45, 2.75) is 31.0 Å². The monoisotopic (exact) mass is 438 g/mol. The van der Waals surface area contributed by atoms with E-state index in [4.69, 9.17) is 23.7 Å².